The molecule has 5 nitrogen and oxygen atoms in total. The van der Waals surface area contributed by atoms with E-state index in [1.807, 2.05) is 0 Å². The second-order valence-electron chi connectivity index (χ2n) is 3.10. The maximum atomic E-state index is 11.3. The number of ether oxygens (including phenoxy) is 1. The Morgan fingerprint density at radius 2 is 2.29 bits per heavy atom. The molecule has 0 bridgehead atoms. The number of esters is 1. The summed E-state index contributed by atoms with van der Waals surface area (Å²) in [7, 11) is 0. The zero-order valence-electron chi connectivity index (χ0n) is 8.11. The highest BCUT2D eigenvalue weighted by atomic mass is 16.5. The van der Waals surface area contributed by atoms with Crippen LogP contribution in [0.5, 0.6) is 0 Å². The van der Waals surface area contributed by atoms with E-state index in [2.05, 4.69) is 9.97 Å². The van der Waals surface area contributed by atoms with Gasteiger partial charge in [-0.1, -0.05) is 0 Å². The van der Waals surface area contributed by atoms with Crippen LogP contribution in [-0.2, 0) is 9.53 Å². The van der Waals surface area contributed by atoms with E-state index in [-0.39, 0.29) is 18.3 Å². The second-order valence-corrected chi connectivity index (χ2v) is 3.10. The lowest BCUT2D eigenvalue weighted by Crippen LogP contribution is -2.15. The smallest absolute Gasteiger partial charge is 0.314 e. The number of Topliss-reactive ketones (excluding diaryl/α,β-unsaturated/α-hetero) is 1. The molecule has 76 valence electrons. The maximum absolute atomic E-state index is 11.3. The molecule has 1 N–H and O–H groups in total. The molecule has 1 aromatic heterocycles. The lowest BCUT2D eigenvalue weighted by molar-refractivity contribution is -0.146. The SMILES string of the molecule is CC(C)OC(=O)CC(=O)c1cnc[nH]1. The van der Waals surface area contributed by atoms with Crippen molar-refractivity contribution in [1.82, 2.24) is 9.97 Å². The van der Waals surface area contributed by atoms with Crippen LogP contribution in [0.25, 0.3) is 0 Å². The third-order valence-corrected chi connectivity index (χ3v) is 1.47. The van der Waals surface area contributed by atoms with Crippen LogP contribution in [0.1, 0.15) is 30.8 Å². The topological polar surface area (TPSA) is 72.1 Å². The summed E-state index contributed by atoms with van der Waals surface area (Å²) in [5.41, 5.74) is 0.325. The minimum Gasteiger partial charge on any atom is -0.463 e. The van der Waals surface area contributed by atoms with Crippen LogP contribution in [0.3, 0.4) is 0 Å². The molecule has 1 aromatic rings. The van der Waals surface area contributed by atoms with E-state index >= 15 is 0 Å². The Bertz CT molecular complexity index is 317. The van der Waals surface area contributed by atoms with E-state index in [9.17, 15) is 9.59 Å². The number of hydrogen-bond donors (Lipinski definition) is 1. The molecule has 0 aliphatic heterocycles. The standard InChI is InChI=1S/C9H12N2O3/c1-6(2)14-9(13)3-8(12)7-4-10-5-11-7/h4-6H,3H2,1-2H3,(H,10,11). The minimum absolute atomic E-state index is 0.197. The number of carbonyl (C=O) groups is 2. The first-order valence-corrected chi connectivity index (χ1v) is 4.30. The number of aromatic nitrogens is 2. The van der Waals surface area contributed by atoms with Gasteiger partial charge in [-0.2, -0.15) is 0 Å². The maximum Gasteiger partial charge on any atom is 0.314 e. The summed E-state index contributed by atoms with van der Waals surface area (Å²) in [5.74, 6) is -0.826. The molecule has 0 aliphatic carbocycles. The zero-order valence-corrected chi connectivity index (χ0v) is 8.11. The van der Waals surface area contributed by atoms with E-state index in [0.717, 1.165) is 0 Å². The summed E-state index contributed by atoms with van der Waals surface area (Å²) in [6, 6.07) is 0. The zero-order chi connectivity index (χ0) is 10.6. The quantitative estimate of drug-likeness (QED) is 0.442. The molecule has 1 heterocycles. The Balaban J connectivity index is 2.46. The van der Waals surface area contributed by atoms with Crippen molar-refractivity contribution in [3.63, 3.8) is 0 Å². The number of nitrogens with zero attached hydrogens (tertiary/aromatic N) is 1. The van der Waals surface area contributed by atoms with Gasteiger partial charge in [-0.05, 0) is 13.8 Å². The molecule has 0 unspecified atom stereocenters. The molecular formula is C9H12N2O3. The normalized spacial score (nSPS) is 10.2. The molecule has 1 rings (SSSR count). The highest BCUT2D eigenvalue weighted by Crippen LogP contribution is 2.00. The molecule has 0 saturated heterocycles. The number of aromatic amines is 1. The van der Waals surface area contributed by atoms with Gasteiger partial charge in [0, 0.05) is 0 Å². The van der Waals surface area contributed by atoms with Crippen LogP contribution in [0.4, 0.5) is 0 Å². The van der Waals surface area contributed by atoms with Gasteiger partial charge in [0.25, 0.3) is 0 Å². The van der Waals surface area contributed by atoms with Gasteiger partial charge in [0.2, 0.25) is 0 Å². The van der Waals surface area contributed by atoms with Gasteiger partial charge in [0.15, 0.2) is 5.78 Å². The Morgan fingerprint density at radius 3 is 2.79 bits per heavy atom. The number of hydrogen-bond acceptors (Lipinski definition) is 4. The largest absolute Gasteiger partial charge is 0.463 e. The van der Waals surface area contributed by atoms with E-state index < -0.39 is 5.97 Å². The van der Waals surface area contributed by atoms with Gasteiger partial charge in [0.1, 0.15) is 12.1 Å². The van der Waals surface area contributed by atoms with Crippen molar-refractivity contribution in [3.8, 4) is 0 Å². The Labute approximate surface area is 81.5 Å². The molecule has 0 amide bonds. The van der Waals surface area contributed by atoms with Crippen molar-refractivity contribution in [1.29, 1.82) is 0 Å². The number of H-pyrrole nitrogens is 1. The lowest BCUT2D eigenvalue weighted by atomic mass is 10.2. The van der Waals surface area contributed by atoms with Gasteiger partial charge in [-0.25, -0.2) is 4.98 Å². The Hall–Kier alpha value is -1.65. The van der Waals surface area contributed by atoms with Gasteiger partial charge >= 0.3 is 5.97 Å². The number of rotatable bonds is 4. The Kier molecular flexibility index (Phi) is 3.39. The average Bonchev–Trinajstić information content (AvgIpc) is 2.53. The highest BCUT2D eigenvalue weighted by molar-refractivity contribution is 6.04. The second kappa shape index (κ2) is 4.55. The first kappa shape index (κ1) is 10.4. The first-order valence-electron chi connectivity index (χ1n) is 4.30. The fourth-order valence-electron chi connectivity index (χ4n) is 0.939. The molecule has 14 heavy (non-hydrogen) atoms. The highest BCUT2D eigenvalue weighted by Gasteiger charge is 2.14. The predicted octanol–water partition coefficient (Wildman–Crippen LogP) is 0.934. The molecule has 0 spiro atoms. The van der Waals surface area contributed by atoms with Crippen LogP contribution in [0.15, 0.2) is 12.5 Å². The molecule has 0 saturated carbocycles. The Morgan fingerprint density at radius 1 is 1.57 bits per heavy atom. The predicted molar refractivity (Wildman–Crippen MR) is 48.8 cm³/mol. The number of imidazole rings is 1. The molecule has 5 heteroatoms. The fraction of sp³-hybridized carbons (Fsp3) is 0.444. The van der Waals surface area contributed by atoms with E-state index in [4.69, 9.17) is 4.74 Å². The van der Waals surface area contributed by atoms with Crippen LogP contribution in [-0.4, -0.2) is 27.8 Å². The van der Waals surface area contributed by atoms with Crippen LogP contribution >= 0.6 is 0 Å². The monoisotopic (exact) mass is 196 g/mol. The third kappa shape index (κ3) is 3.01. The van der Waals surface area contributed by atoms with Gasteiger partial charge in [0.05, 0.1) is 18.6 Å². The van der Waals surface area contributed by atoms with Crippen molar-refractivity contribution in [2.24, 2.45) is 0 Å². The van der Waals surface area contributed by atoms with Crippen molar-refractivity contribution in [2.75, 3.05) is 0 Å². The van der Waals surface area contributed by atoms with Crippen molar-refractivity contribution in [2.45, 2.75) is 26.4 Å². The summed E-state index contributed by atoms with van der Waals surface area (Å²) in [5, 5.41) is 0. The molecule has 0 aromatic carbocycles. The molecule has 0 fully saturated rings. The number of ketones is 1. The summed E-state index contributed by atoms with van der Waals surface area (Å²) >= 11 is 0. The summed E-state index contributed by atoms with van der Waals surface area (Å²) < 4.78 is 4.82. The van der Waals surface area contributed by atoms with Crippen molar-refractivity contribution < 1.29 is 14.3 Å². The van der Waals surface area contributed by atoms with Crippen LogP contribution in [0.2, 0.25) is 0 Å². The minimum atomic E-state index is -0.514. The number of nitrogens with one attached hydrogen (secondary N) is 1. The van der Waals surface area contributed by atoms with Gasteiger partial charge in [-0.15, -0.1) is 0 Å². The molecule has 0 aliphatic rings. The van der Waals surface area contributed by atoms with Crippen molar-refractivity contribution >= 4 is 11.8 Å². The lowest BCUT2D eigenvalue weighted by Gasteiger charge is -2.06. The van der Waals surface area contributed by atoms with E-state index in [1.165, 1.54) is 12.5 Å². The van der Waals surface area contributed by atoms with Crippen LogP contribution in [0, 0.1) is 0 Å². The summed E-state index contributed by atoms with van der Waals surface area (Å²) in [4.78, 5) is 28.7. The van der Waals surface area contributed by atoms with E-state index in [0.29, 0.717) is 5.69 Å². The van der Waals surface area contributed by atoms with E-state index in [1.54, 1.807) is 13.8 Å². The van der Waals surface area contributed by atoms with Gasteiger partial charge in [-0.3, -0.25) is 9.59 Å². The molecule has 0 atom stereocenters. The van der Waals surface area contributed by atoms with Crippen LogP contribution < -0.4 is 0 Å². The molecular weight excluding hydrogens is 184 g/mol. The number of carbonyl (C=O) groups excluding carboxylic acids is 2. The fourth-order valence-corrected chi connectivity index (χ4v) is 0.939. The average molecular weight is 196 g/mol. The summed E-state index contributed by atoms with van der Waals surface area (Å²) in [6.45, 7) is 3.47. The first-order chi connectivity index (χ1) is 6.59. The third-order valence-electron chi connectivity index (χ3n) is 1.47. The van der Waals surface area contributed by atoms with Crippen molar-refractivity contribution in [3.05, 3.63) is 18.2 Å². The molecule has 0 radical (unpaired) electrons. The summed E-state index contributed by atoms with van der Waals surface area (Å²) in [6.07, 6.45) is 2.32. The van der Waals surface area contributed by atoms with Gasteiger partial charge < -0.3 is 9.72 Å².